The lowest BCUT2D eigenvalue weighted by atomic mass is 9.90. The molecule has 0 saturated heterocycles. The molecule has 0 aliphatic carbocycles. The monoisotopic (exact) mass is 420 g/mol. The zero-order chi connectivity index (χ0) is 17.6. The Bertz CT molecular complexity index is 774. The topological polar surface area (TPSA) is 65.5 Å². The standard InChI is InChI=1S/C18H21BrN4OS/c1-20-18(21-9-8-13-6-7-16(19)25-13)22-11-12-10-17(24)23-15-5-3-2-4-14(12)15/h2-7,12H,8-11H2,1H3,(H,23,24)(H2,20,21,22). The molecule has 0 fully saturated rings. The molecule has 2 aromatic rings. The fourth-order valence-corrected chi connectivity index (χ4v) is 4.40. The van der Waals surface area contributed by atoms with Crippen molar-refractivity contribution in [2.45, 2.75) is 18.8 Å². The predicted molar refractivity (Wildman–Crippen MR) is 108 cm³/mol. The van der Waals surface area contributed by atoms with Gasteiger partial charge >= 0.3 is 0 Å². The van der Waals surface area contributed by atoms with Crippen molar-refractivity contribution in [3.05, 3.63) is 50.6 Å². The van der Waals surface area contributed by atoms with Gasteiger partial charge in [0.25, 0.3) is 0 Å². The molecule has 0 saturated carbocycles. The molecule has 2 heterocycles. The van der Waals surface area contributed by atoms with Crippen LogP contribution in [0.15, 0.2) is 45.2 Å². The van der Waals surface area contributed by atoms with Gasteiger partial charge in [-0.1, -0.05) is 18.2 Å². The second-order valence-electron chi connectivity index (χ2n) is 5.87. The summed E-state index contributed by atoms with van der Waals surface area (Å²) in [4.78, 5) is 17.5. The molecular formula is C18H21BrN4OS. The van der Waals surface area contributed by atoms with E-state index in [0.717, 1.165) is 28.4 Å². The summed E-state index contributed by atoms with van der Waals surface area (Å²) in [5.74, 6) is 0.979. The van der Waals surface area contributed by atoms with Crippen LogP contribution in [0.3, 0.4) is 0 Å². The minimum atomic E-state index is 0.0664. The normalized spacial score (nSPS) is 17.0. The molecule has 7 heteroatoms. The Morgan fingerprint density at radius 3 is 2.92 bits per heavy atom. The van der Waals surface area contributed by atoms with Crippen molar-refractivity contribution in [2.24, 2.45) is 4.99 Å². The van der Waals surface area contributed by atoms with Crippen LogP contribution in [0, 0.1) is 0 Å². The minimum absolute atomic E-state index is 0.0664. The van der Waals surface area contributed by atoms with Crippen LogP contribution in [0.25, 0.3) is 0 Å². The van der Waals surface area contributed by atoms with Crippen LogP contribution in [-0.2, 0) is 11.2 Å². The summed E-state index contributed by atoms with van der Waals surface area (Å²) in [6.07, 6.45) is 1.44. The zero-order valence-electron chi connectivity index (χ0n) is 14.0. The van der Waals surface area contributed by atoms with E-state index in [1.54, 1.807) is 18.4 Å². The molecule has 0 radical (unpaired) electrons. The Morgan fingerprint density at radius 2 is 2.16 bits per heavy atom. The first-order chi connectivity index (χ1) is 12.2. The predicted octanol–water partition coefficient (Wildman–Crippen LogP) is 3.34. The summed E-state index contributed by atoms with van der Waals surface area (Å²) < 4.78 is 1.15. The number of thiophene rings is 1. The molecule has 0 bridgehead atoms. The average Bonchev–Trinajstić information content (AvgIpc) is 3.02. The highest BCUT2D eigenvalue weighted by molar-refractivity contribution is 9.11. The number of aliphatic imine (C=N–C) groups is 1. The number of benzene rings is 1. The number of fused-ring (bicyclic) bond motifs is 1. The van der Waals surface area contributed by atoms with Crippen molar-refractivity contribution in [1.29, 1.82) is 0 Å². The van der Waals surface area contributed by atoms with Crippen molar-refractivity contribution in [3.63, 3.8) is 0 Å². The van der Waals surface area contributed by atoms with Gasteiger partial charge in [-0.15, -0.1) is 11.3 Å². The van der Waals surface area contributed by atoms with Gasteiger partial charge in [-0.05, 0) is 46.1 Å². The Labute approximate surface area is 160 Å². The zero-order valence-corrected chi connectivity index (χ0v) is 16.4. The fraction of sp³-hybridized carbons (Fsp3) is 0.333. The molecule has 1 amide bonds. The number of halogens is 1. The third kappa shape index (κ3) is 4.83. The van der Waals surface area contributed by atoms with Gasteiger partial charge in [0.1, 0.15) is 0 Å². The lowest BCUT2D eigenvalue weighted by Crippen LogP contribution is -2.41. The van der Waals surface area contributed by atoms with Gasteiger partial charge in [0, 0.05) is 43.0 Å². The fourth-order valence-electron chi connectivity index (χ4n) is 2.91. The molecule has 132 valence electrons. The van der Waals surface area contributed by atoms with Crippen LogP contribution in [0.1, 0.15) is 22.8 Å². The largest absolute Gasteiger partial charge is 0.356 e. The van der Waals surface area contributed by atoms with Crippen molar-refractivity contribution < 1.29 is 4.79 Å². The van der Waals surface area contributed by atoms with E-state index >= 15 is 0 Å². The van der Waals surface area contributed by atoms with E-state index < -0.39 is 0 Å². The third-order valence-electron chi connectivity index (χ3n) is 4.14. The summed E-state index contributed by atoms with van der Waals surface area (Å²) in [7, 11) is 1.76. The van der Waals surface area contributed by atoms with E-state index in [2.05, 4.69) is 55.1 Å². The van der Waals surface area contributed by atoms with Gasteiger partial charge in [0.15, 0.2) is 5.96 Å². The number of anilines is 1. The van der Waals surface area contributed by atoms with Crippen LogP contribution in [0.2, 0.25) is 0 Å². The lowest BCUT2D eigenvalue weighted by molar-refractivity contribution is -0.116. The van der Waals surface area contributed by atoms with Gasteiger partial charge in [0.2, 0.25) is 5.91 Å². The Morgan fingerprint density at radius 1 is 1.32 bits per heavy atom. The Hall–Kier alpha value is -1.86. The molecule has 1 aliphatic heterocycles. The quantitative estimate of drug-likeness (QED) is 0.513. The van der Waals surface area contributed by atoms with Crippen LogP contribution in [-0.4, -0.2) is 32.0 Å². The Balaban J connectivity index is 1.52. The number of amides is 1. The van der Waals surface area contributed by atoms with E-state index in [0.29, 0.717) is 13.0 Å². The van der Waals surface area contributed by atoms with Crippen LogP contribution in [0.4, 0.5) is 5.69 Å². The van der Waals surface area contributed by atoms with Crippen LogP contribution >= 0.6 is 27.3 Å². The minimum Gasteiger partial charge on any atom is -0.356 e. The number of guanidine groups is 1. The van der Waals surface area contributed by atoms with E-state index in [4.69, 9.17) is 0 Å². The van der Waals surface area contributed by atoms with Crippen molar-refractivity contribution in [2.75, 3.05) is 25.5 Å². The SMILES string of the molecule is CN=C(NCCc1ccc(Br)s1)NCC1CC(=O)Nc2ccccc21. The molecule has 25 heavy (non-hydrogen) atoms. The highest BCUT2D eigenvalue weighted by Gasteiger charge is 2.24. The molecule has 0 spiro atoms. The molecule has 1 aliphatic rings. The number of nitrogens with one attached hydrogen (secondary N) is 3. The van der Waals surface area contributed by atoms with Crippen LogP contribution < -0.4 is 16.0 Å². The van der Waals surface area contributed by atoms with Gasteiger partial charge in [-0.3, -0.25) is 9.79 Å². The number of carbonyl (C=O) groups excluding carboxylic acids is 1. The molecule has 3 rings (SSSR count). The van der Waals surface area contributed by atoms with Crippen LogP contribution in [0.5, 0.6) is 0 Å². The molecule has 1 atom stereocenters. The maximum atomic E-state index is 11.9. The van der Waals surface area contributed by atoms with E-state index in [1.165, 1.54) is 10.4 Å². The molecule has 3 N–H and O–H groups in total. The van der Waals surface area contributed by atoms with E-state index in [1.807, 2.05) is 18.2 Å². The lowest BCUT2D eigenvalue weighted by Gasteiger charge is -2.26. The maximum absolute atomic E-state index is 11.9. The summed E-state index contributed by atoms with van der Waals surface area (Å²) in [5.41, 5.74) is 2.09. The van der Waals surface area contributed by atoms with Gasteiger partial charge in [-0.2, -0.15) is 0 Å². The first-order valence-electron chi connectivity index (χ1n) is 8.23. The van der Waals surface area contributed by atoms with Gasteiger partial charge in [-0.25, -0.2) is 0 Å². The number of hydrogen-bond acceptors (Lipinski definition) is 3. The van der Waals surface area contributed by atoms with Crippen molar-refractivity contribution >= 4 is 44.8 Å². The molecule has 1 aromatic heterocycles. The van der Waals surface area contributed by atoms with Gasteiger partial charge in [0.05, 0.1) is 3.79 Å². The summed E-state index contributed by atoms with van der Waals surface area (Å²) in [6, 6.07) is 12.2. The maximum Gasteiger partial charge on any atom is 0.225 e. The summed E-state index contributed by atoms with van der Waals surface area (Å²) in [5, 5.41) is 9.61. The van der Waals surface area contributed by atoms with E-state index in [9.17, 15) is 4.79 Å². The molecule has 1 aromatic carbocycles. The van der Waals surface area contributed by atoms with Gasteiger partial charge < -0.3 is 16.0 Å². The number of para-hydroxylation sites is 1. The van der Waals surface area contributed by atoms with E-state index in [-0.39, 0.29) is 11.8 Å². The Kier molecular flexibility index (Phi) is 6.09. The highest BCUT2D eigenvalue weighted by atomic mass is 79.9. The molecule has 5 nitrogen and oxygen atoms in total. The third-order valence-corrected chi connectivity index (χ3v) is 5.82. The van der Waals surface area contributed by atoms with Crippen molar-refractivity contribution in [3.8, 4) is 0 Å². The first kappa shape index (κ1) is 17.9. The summed E-state index contributed by atoms with van der Waals surface area (Å²) >= 11 is 5.23. The summed E-state index contributed by atoms with van der Waals surface area (Å²) in [6.45, 7) is 1.49. The number of hydrogen-bond donors (Lipinski definition) is 3. The first-order valence-corrected chi connectivity index (χ1v) is 9.84. The average molecular weight is 421 g/mol. The molecular weight excluding hydrogens is 400 g/mol. The highest BCUT2D eigenvalue weighted by Crippen LogP contribution is 2.31. The molecule has 1 unspecified atom stereocenters. The smallest absolute Gasteiger partial charge is 0.225 e. The number of rotatable bonds is 5. The second-order valence-corrected chi connectivity index (χ2v) is 8.42. The van der Waals surface area contributed by atoms with Crippen molar-refractivity contribution in [1.82, 2.24) is 10.6 Å². The number of nitrogens with zero attached hydrogens (tertiary/aromatic N) is 1. The number of carbonyl (C=O) groups is 1. The second kappa shape index (κ2) is 8.49.